The van der Waals surface area contributed by atoms with Crippen LogP contribution in [0.15, 0.2) is 75.6 Å². The fraction of sp³-hybridized carbons (Fsp3) is 0.276. The molecule has 10 heteroatoms. The van der Waals surface area contributed by atoms with Gasteiger partial charge < -0.3 is 5.11 Å². The van der Waals surface area contributed by atoms with Crippen molar-refractivity contribution in [2.45, 2.75) is 62.4 Å². The van der Waals surface area contributed by atoms with Crippen LogP contribution in [0.1, 0.15) is 61.8 Å². The molecule has 200 valence electrons. The van der Waals surface area contributed by atoms with E-state index in [0.29, 0.717) is 36.0 Å². The second kappa shape index (κ2) is 11.6. The van der Waals surface area contributed by atoms with Gasteiger partial charge in [-0.1, -0.05) is 38.5 Å². The Morgan fingerprint density at radius 2 is 1.90 bits per heavy atom. The van der Waals surface area contributed by atoms with Gasteiger partial charge >= 0.3 is 0 Å². The highest BCUT2D eigenvalue weighted by Crippen LogP contribution is 2.29. The van der Waals surface area contributed by atoms with Crippen molar-refractivity contribution < 1.29 is 13.5 Å². The third-order valence-corrected chi connectivity index (χ3v) is 8.27. The normalized spacial score (nSPS) is 12.2. The van der Waals surface area contributed by atoms with E-state index in [4.69, 9.17) is 0 Å². The number of hydrogen-bond donors (Lipinski definition) is 1. The van der Waals surface area contributed by atoms with Gasteiger partial charge in [0.25, 0.3) is 5.56 Å². The predicted molar refractivity (Wildman–Crippen MR) is 146 cm³/mol. The lowest BCUT2D eigenvalue weighted by Crippen LogP contribution is -2.33. The summed E-state index contributed by atoms with van der Waals surface area (Å²) in [7, 11) is -4.53. The molecule has 0 fully saturated rings. The number of rotatable bonds is 9. The van der Waals surface area contributed by atoms with E-state index < -0.39 is 32.2 Å². The van der Waals surface area contributed by atoms with Crippen LogP contribution < -0.4 is 5.56 Å². The molecule has 0 aliphatic rings. The zero-order valence-electron chi connectivity index (χ0n) is 22.0. The molecule has 0 amide bonds. The van der Waals surface area contributed by atoms with Crippen LogP contribution >= 0.6 is 0 Å². The van der Waals surface area contributed by atoms with Crippen molar-refractivity contribution in [1.82, 2.24) is 19.5 Å². The molecule has 0 aliphatic carbocycles. The number of aromatic nitrogens is 4. The van der Waals surface area contributed by atoms with Gasteiger partial charge in [-0.25, -0.2) is 13.4 Å². The van der Waals surface area contributed by atoms with Crippen molar-refractivity contribution in [3.8, 4) is 23.1 Å². The Labute approximate surface area is 227 Å². The van der Waals surface area contributed by atoms with Gasteiger partial charge in [-0.05, 0) is 55.7 Å². The van der Waals surface area contributed by atoms with E-state index >= 15 is 0 Å². The van der Waals surface area contributed by atoms with E-state index in [-0.39, 0.29) is 10.9 Å². The van der Waals surface area contributed by atoms with E-state index in [1.165, 1.54) is 16.8 Å². The third-order valence-electron chi connectivity index (χ3n) is 6.58. The smallest absolute Gasteiger partial charge is 0.277 e. The van der Waals surface area contributed by atoms with E-state index in [1.54, 1.807) is 42.6 Å². The maximum Gasteiger partial charge on any atom is 0.277 e. The van der Waals surface area contributed by atoms with Crippen LogP contribution in [0, 0.1) is 18.3 Å². The van der Waals surface area contributed by atoms with Crippen molar-refractivity contribution in [3.63, 3.8) is 0 Å². The summed E-state index contributed by atoms with van der Waals surface area (Å²) in [5.74, 6) is -0.570. The van der Waals surface area contributed by atoms with Crippen LogP contribution in [-0.4, -0.2) is 33.0 Å². The predicted octanol–water partition coefficient (Wildman–Crippen LogP) is 4.76. The Hall–Kier alpha value is -4.36. The molecule has 3 heterocycles. The summed E-state index contributed by atoms with van der Waals surface area (Å²) < 4.78 is 28.7. The first-order valence-electron chi connectivity index (χ1n) is 12.7. The second-order valence-corrected chi connectivity index (χ2v) is 11.0. The Kier molecular flexibility index (Phi) is 8.21. The summed E-state index contributed by atoms with van der Waals surface area (Å²) in [4.78, 5) is 25.7. The molecule has 0 bridgehead atoms. The van der Waals surface area contributed by atoms with Gasteiger partial charge in [0.2, 0.25) is 20.6 Å². The highest BCUT2D eigenvalue weighted by Gasteiger charge is 2.32. The average molecular weight is 544 g/mol. The summed E-state index contributed by atoms with van der Waals surface area (Å²) >= 11 is 0. The topological polar surface area (TPSA) is 139 Å². The molecule has 1 atom stereocenters. The zero-order chi connectivity index (χ0) is 28.2. The van der Waals surface area contributed by atoms with Gasteiger partial charge in [-0.2, -0.15) is 10.2 Å². The molecule has 39 heavy (non-hydrogen) atoms. The molecule has 1 aromatic carbocycles. The Balaban J connectivity index is 1.88. The number of nitriles is 1. The number of aromatic hydroxyl groups is 1. The van der Waals surface area contributed by atoms with Crippen LogP contribution in [0.5, 0.6) is 5.88 Å². The highest BCUT2D eigenvalue weighted by atomic mass is 32.2. The van der Waals surface area contributed by atoms with Gasteiger partial charge in [0.05, 0.1) is 17.7 Å². The summed E-state index contributed by atoms with van der Waals surface area (Å²) in [6, 6.07) is 14.8. The van der Waals surface area contributed by atoms with Crippen molar-refractivity contribution in [2.24, 2.45) is 0 Å². The van der Waals surface area contributed by atoms with Crippen molar-refractivity contribution in [1.29, 1.82) is 5.26 Å². The molecule has 0 spiro atoms. The molecule has 3 aromatic heterocycles. The molecule has 0 saturated carbocycles. The maximum atomic E-state index is 13.9. The minimum absolute atomic E-state index is 0.280. The summed E-state index contributed by atoms with van der Waals surface area (Å²) in [6.07, 6.45) is 5.35. The van der Waals surface area contributed by atoms with E-state index in [2.05, 4.69) is 21.0 Å². The van der Waals surface area contributed by atoms with Crippen LogP contribution in [0.4, 0.5) is 0 Å². The Bertz CT molecular complexity index is 1710. The summed E-state index contributed by atoms with van der Waals surface area (Å²) in [5.41, 5.74) is 2.43. The number of sulfone groups is 1. The molecule has 1 N–H and O–H groups in total. The molecule has 4 rings (SSSR count). The Morgan fingerprint density at radius 3 is 2.54 bits per heavy atom. The average Bonchev–Trinajstić information content (AvgIpc) is 2.94. The lowest BCUT2D eigenvalue weighted by molar-refractivity contribution is 0.406. The van der Waals surface area contributed by atoms with Gasteiger partial charge in [0.15, 0.2) is 5.03 Å². The minimum Gasteiger partial charge on any atom is -0.492 e. The number of unbranched alkanes of at least 4 members (excludes halogenated alkanes) is 1. The molecule has 1 unspecified atom stereocenters. The highest BCUT2D eigenvalue weighted by molar-refractivity contribution is 7.91. The van der Waals surface area contributed by atoms with Crippen molar-refractivity contribution in [3.05, 3.63) is 93.9 Å². The van der Waals surface area contributed by atoms with E-state index in [0.717, 1.165) is 17.7 Å². The van der Waals surface area contributed by atoms with Crippen LogP contribution in [-0.2, 0) is 16.3 Å². The van der Waals surface area contributed by atoms with Crippen LogP contribution in [0.3, 0.4) is 0 Å². The lowest BCUT2D eigenvalue weighted by Gasteiger charge is -2.23. The fourth-order valence-corrected chi connectivity index (χ4v) is 5.85. The summed E-state index contributed by atoms with van der Waals surface area (Å²) in [6.45, 7) is 5.68. The largest absolute Gasteiger partial charge is 0.492 e. The molecule has 0 radical (unpaired) electrons. The fourth-order valence-electron chi connectivity index (χ4n) is 4.59. The number of benzene rings is 1. The summed E-state index contributed by atoms with van der Waals surface area (Å²) in [5, 5.41) is 19.8. The molecule has 0 saturated heterocycles. The molecule has 0 aliphatic heterocycles. The quantitative estimate of drug-likeness (QED) is 0.319. The number of pyridine rings is 2. The van der Waals surface area contributed by atoms with Crippen LogP contribution in [0.2, 0.25) is 0 Å². The first kappa shape index (κ1) is 27.7. The molecular formula is C29H29N5O4S. The molecule has 9 nitrogen and oxygen atoms in total. The molecule has 4 aromatic rings. The first-order chi connectivity index (χ1) is 18.7. The maximum absolute atomic E-state index is 13.9. The van der Waals surface area contributed by atoms with Gasteiger partial charge in [0.1, 0.15) is 5.82 Å². The van der Waals surface area contributed by atoms with Crippen LogP contribution in [0.25, 0.3) is 11.1 Å². The molecular weight excluding hydrogens is 514 g/mol. The second-order valence-electron chi connectivity index (χ2n) is 9.15. The zero-order valence-corrected chi connectivity index (χ0v) is 22.8. The number of hydrogen-bond acceptors (Lipinski definition) is 8. The standard InChI is InChI=1S/C29H29N5O4S/c1-4-6-12-25-33-28(35)27(29(36)34(25)24(5-2)21-10-7-9-20(16-21)17-30)39(37,38)26-14-13-22(18-32-26)23-11-8-15-31-19(23)3/h7-11,13-16,18,24,35H,4-6,12H2,1-3H3. The van der Waals surface area contributed by atoms with E-state index in [9.17, 15) is 23.6 Å². The van der Waals surface area contributed by atoms with Gasteiger partial charge in [0, 0.05) is 35.6 Å². The number of nitrogens with zero attached hydrogens (tertiary/aromatic N) is 5. The SMILES string of the molecule is CCCCc1nc(O)c(S(=O)(=O)c2ccc(-c3cccnc3C)cn2)c(=O)n1C(CC)c1cccc(C#N)c1. The van der Waals surface area contributed by atoms with Crippen molar-refractivity contribution >= 4 is 9.84 Å². The van der Waals surface area contributed by atoms with Gasteiger partial charge in [-0.15, -0.1) is 0 Å². The minimum atomic E-state index is -4.53. The van der Waals surface area contributed by atoms with Gasteiger partial charge in [-0.3, -0.25) is 14.3 Å². The lowest BCUT2D eigenvalue weighted by atomic mass is 10.0. The van der Waals surface area contributed by atoms with Crippen molar-refractivity contribution in [2.75, 3.05) is 0 Å². The Morgan fingerprint density at radius 1 is 1.10 bits per heavy atom. The first-order valence-corrected chi connectivity index (χ1v) is 14.2. The third kappa shape index (κ3) is 5.45. The number of aryl methyl sites for hydroxylation is 2. The van der Waals surface area contributed by atoms with E-state index in [1.807, 2.05) is 26.8 Å². The monoisotopic (exact) mass is 543 g/mol.